The summed E-state index contributed by atoms with van der Waals surface area (Å²) in [5.41, 5.74) is 0. The van der Waals surface area contributed by atoms with E-state index in [1.807, 2.05) is 6.20 Å². The van der Waals surface area contributed by atoms with Gasteiger partial charge in [0, 0.05) is 6.20 Å². The average Bonchev–Trinajstić information content (AvgIpc) is 2.65. The molecule has 3 heteroatoms. The van der Waals surface area contributed by atoms with Crippen LogP contribution in [0.1, 0.15) is 45.1 Å². The molecule has 0 saturated heterocycles. The normalized spacial score (nSPS) is 27.9. The van der Waals surface area contributed by atoms with E-state index in [1.54, 1.807) is 0 Å². The van der Waals surface area contributed by atoms with Crippen LogP contribution in [0.4, 0.5) is 0 Å². The van der Waals surface area contributed by atoms with Gasteiger partial charge in [0.2, 0.25) is 0 Å². The molecule has 2 rings (SSSR count). The topological polar surface area (TPSA) is 17.8 Å². The Kier molecular flexibility index (Phi) is 3.47. The Morgan fingerprint density at radius 2 is 2.14 bits per heavy atom. The summed E-state index contributed by atoms with van der Waals surface area (Å²) in [4.78, 5) is 0. The van der Waals surface area contributed by atoms with Gasteiger partial charge >= 0.3 is 0 Å². The fourth-order valence-electron chi connectivity index (χ4n) is 2.33. The first-order valence-corrected chi connectivity index (χ1v) is 6.57. The molecule has 1 saturated carbocycles. The van der Waals surface area contributed by atoms with Gasteiger partial charge in [-0.05, 0) is 54.2 Å². The highest BCUT2D eigenvalue weighted by Crippen LogP contribution is 2.33. The molecule has 0 aliphatic heterocycles. The first kappa shape index (κ1) is 10.5. The molecule has 0 radical (unpaired) electrons. The third kappa shape index (κ3) is 2.30. The van der Waals surface area contributed by atoms with Crippen molar-refractivity contribution in [3.8, 4) is 0 Å². The van der Waals surface area contributed by atoms with E-state index < -0.39 is 0 Å². The van der Waals surface area contributed by atoms with Crippen molar-refractivity contribution in [1.82, 2.24) is 9.78 Å². The van der Waals surface area contributed by atoms with E-state index in [-0.39, 0.29) is 0 Å². The van der Waals surface area contributed by atoms with E-state index in [2.05, 4.69) is 45.5 Å². The highest BCUT2D eigenvalue weighted by Gasteiger charge is 2.21. The van der Waals surface area contributed by atoms with Crippen LogP contribution >= 0.6 is 22.6 Å². The lowest BCUT2D eigenvalue weighted by Gasteiger charge is -2.27. The van der Waals surface area contributed by atoms with Crippen molar-refractivity contribution in [3.05, 3.63) is 16.0 Å². The molecular formula is C11H17IN2. The smallest absolute Gasteiger partial charge is 0.0623 e. The maximum Gasteiger partial charge on any atom is 0.0623 e. The van der Waals surface area contributed by atoms with E-state index in [4.69, 9.17) is 0 Å². The second-order valence-corrected chi connectivity index (χ2v) is 5.47. The minimum Gasteiger partial charge on any atom is -0.269 e. The summed E-state index contributed by atoms with van der Waals surface area (Å²) in [5.74, 6) is 0.973. The van der Waals surface area contributed by atoms with Crippen molar-refractivity contribution < 1.29 is 0 Å². The van der Waals surface area contributed by atoms with Crippen molar-refractivity contribution in [2.75, 3.05) is 0 Å². The van der Waals surface area contributed by atoms with Gasteiger partial charge in [-0.3, -0.25) is 4.68 Å². The predicted molar refractivity (Wildman–Crippen MR) is 66.2 cm³/mol. The van der Waals surface area contributed by atoms with Gasteiger partial charge in [-0.2, -0.15) is 5.10 Å². The van der Waals surface area contributed by atoms with Crippen LogP contribution in [0.2, 0.25) is 0 Å². The lowest BCUT2D eigenvalue weighted by Crippen LogP contribution is -2.18. The summed E-state index contributed by atoms with van der Waals surface area (Å²) in [6.07, 6.45) is 10.9. The van der Waals surface area contributed by atoms with Crippen LogP contribution in [0.3, 0.4) is 0 Å². The summed E-state index contributed by atoms with van der Waals surface area (Å²) < 4.78 is 3.41. The molecule has 14 heavy (non-hydrogen) atoms. The number of rotatable bonds is 2. The Hall–Kier alpha value is -0.0600. The third-order valence-corrected chi connectivity index (χ3v) is 3.89. The van der Waals surface area contributed by atoms with Gasteiger partial charge in [-0.15, -0.1) is 0 Å². The van der Waals surface area contributed by atoms with E-state index in [9.17, 15) is 0 Å². The second kappa shape index (κ2) is 4.64. The van der Waals surface area contributed by atoms with Gasteiger partial charge in [-0.25, -0.2) is 0 Å². The molecule has 0 bridgehead atoms. The number of halogens is 1. The molecule has 1 aliphatic rings. The highest BCUT2D eigenvalue weighted by molar-refractivity contribution is 14.1. The third-order valence-electron chi connectivity index (χ3n) is 3.34. The largest absolute Gasteiger partial charge is 0.269 e. The summed E-state index contributed by atoms with van der Waals surface area (Å²) in [6.45, 7) is 2.31. The Balaban J connectivity index is 1.95. The standard InChI is InChI=1S/C11H17IN2/c1-2-9-3-5-11(6-4-9)14-8-10(12)7-13-14/h7-9,11H,2-6H2,1H3. The van der Waals surface area contributed by atoms with E-state index >= 15 is 0 Å². The summed E-state index contributed by atoms with van der Waals surface area (Å²) in [7, 11) is 0. The number of hydrogen-bond acceptors (Lipinski definition) is 1. The van der Waals surface area contributed by atoms with Crippen LogP contribution in [-0.4, -0.2) is 9.78 Å². The minimum absolute atomic E-state index is 0.668. The molecule has 1 aromatic heterocycles. The van der Waals surface area contributed by atoms with Crippen LogP contribution in [0.5, 0.6) is 0 Å². The molecule has 0 atom stereocenters. The Morgan fingerprint density at radius 1 is 1.43 bits per heavy atom. The Morgan fingerprint density at radius 3 is 2.64 bits per heavy atom. The van der Waals surface area contributed by atoms with Crippen molar-refractivity contribution >= 4 is 22.6 Å². The van der Waals surface area contributed by atoms with Gasteiger partial charge < -0.3 is 0 Å². The zero-order valence-electron chi connectivity index (χ0n) is 8.62. The molecule has 1 fully saturated rings. The molecule has 0 aromatic carbocycles. The molecule has 0 amide bonds. The van der Waals surface area contributed by atoms with Crippen molar-refractivity contribution in [3.63, 3.8) is 0 Å². The van der Waals surface area contributed by atoms with Gasteiger partial charge in [0.25, 0.3) is 0 Å². The summed E-state index contributed by atoms with van der Waals surface area (Å²) >= 11 is 2.32. The molecule has 1 aliphatic carbocycles. The number of nitrogens with zero attached hydrogens (tertiary/aromatic N) is 2. The van der Waals surface area contributed by atoms with Crippen LogP contribution in [-0.2, 0) is 0 Å². The zero-order chi connectivity index (χ0) is 9.97. The quantitative estimate of drug-likeness (QED) is 0.763. The molecule has 0 spiro atoms. The summed E-state index contributed by atoms with van der Waals surface area (Å²) in [6, 6.07) is 0.668. The van der Waals surface area contributed by atoms with Crippen LogP contribution in [0.15, 0.2) is 12.4 Å². The molecule has 1 aromatic rings. The molecule has 2 nitrogen and oxygen atoms in total. The molecule has 1 heterocycles. The van der Waals surface area contributed by atoms with E-state index in [1.165, 1.54) is 35.7 Å². The monoisotopic (exact) mass is 304 g/mol. The van der Waals surface area contributed by atoms with E-state index in [0.717, 1.165) is 5.92 Å². The van der Waals surface area contributed by atoms with Gasteiger partial charge in [-0.1, -0.05) is 13.3 Å². The average molecular weight is 304 g/mol. The summed E-state index contributed by atoms with van der Waals surface area (Å²) in [5, 5.41) is 4.40. The highest BCUT2D eigenvalue weighted by atomic mass is 127. The van der Waals surface area contributed by atoms with Crippen molar-refractivity contribution in [2.45, 2.75) is 45.1 Å². The predicted octanol–water partition coefficient (Wildman–Crippen LogP) is 3.63. The number of aromatic nitrogens is 2. The fraction of sp³-hybridized carbons (Fsp3) is 0.727. The van der Waals surface area contributed by atoms with Crippen molar-refractivity contribution in [1.29, 1.82) is 0 Å². The van der Waals surface area contributed by atoms with Crippen LogP contribution in [0.25, 0.3) is 0 Å². The fourth-order valence-corrected chi connectivity index (χ4v) is 2.74. The maximum atomic E-state index is 4.40. The lowest BCUT2D eigenvalue weighted by atomic mass is 9.85. The number of hydrogen-bond donors (Lipinski definition) is 0. The SMILES string of the molecule is CCC1CCC(n2cc(I)cn2)CC1. The maximum absolute atomic E-state index is 4.40. The lowest BCUT2D eigenvalue weighted by molar-refractivity contribution is 0.256. The molecule has 0 unspecified atom stereocenters. The first-order chi connectivity index (χ1) is 6.79. The Bertz CT molecular complexity index is 287. The Labute approximate surface area is 99.2 Å². The van der Waals surface area contributed by atoms with Gasteiger partial charge in [0.05, 0.1) is 15.8 Å². The van der Waals surface area contributed by atoms with E-state index in [0.29, 0.717) is 6.04 Å². The van der Waals surface area contributed by atoms with Gasteiger partial charge in [0.15, 0.2) is 0 Å². The molecule has 78 valence electrons. The zero-order valence-corrected chi connectivity index (χ0v) is 10.8. The van der Waals surface area contributed by atoms with Crippen molar-refractivity contribution in [2.24, 2.45) is 5.92 Å². The molecular weight excluding hydrogens is 287 g/mol. The van der Waals surface area contributed by atoms with Crippen LogP contribution in [0, 0.1) is 9.49 Å². The van der Waals surface area contributed by atoms with Gasteiger partial charge in [0.1, 0.15) is 0 Å². The van der Waals surface area contributed by atoms with Crippen LogP contribution < -0.4 is 0 Å². The minimum atomic E-state index is 0.668. The first-order valence-electron chi connectivity index (χ1n) is 5.49. The second-order valence-electron chi connectivity index (χ2n) is 4.22. The molecule has 0 N–H and O–H groups in total.